The molecule has 2 atom stereocenters. The molecule has 2 fully saturated rings. The number of carbonyl (C=O) groups is 1. The van der Waals surface area contributed by atoms with Gasteiger partial charge in [0.2, 0.25) is 0 Å². The lowest BCUT2D eigenvalue weighted by atomic mass is 10.1. The zero-order valence-corrected chi connectivity index (χ0v) is 13.5. The molecule has 0 unspecified atom stereocenters. The van der Waals surface area contributed by atoms with Crippen molar-refractivity contribution < 1.29 is 9.53 Å². The third-order valence-corrected chi connectivity index (χ3v) is 4.83. The van der Waals surface area contributed by atoms with Gasteiger partial charge in [0.25, 0.3) is 5.91 Å². The third-order valence-electron chi connectivity index (χ3n) is 4.83. The number of benzene rings is 1. The van der Waals surface area contributed by atoms with Crippen LogP contribution in [0.2, 0.25) is 0 Å². The van der Waals surface area contributed by atoms with Gasteiger partial charge in [0.1, 0.15) is 0 Å². The standard InChI is InChI=1S/C19H21N3O2/c23-19(16-6-2-1-3-7-16)22-13-17-18(14-22)24-10-9-21(17)12-15-5-4-8-20-11-15/h1-8,11,17-18H,9-10,12-14H2/t17-,18+/m1/s1. The van der Waals surface area contributed by atoms with Crippen molar-refractivity contribution in [1.29, 1.82) is 0 Å². The second kappa shape index (κ2) is 6.71. The van der Waals surface area contributed by atoms with E-state index in [0.29, 0.717) is 6.54 Å². The van der Waals surface area contributed by atoms with Gasteiger partial charge in [0.15, 0.2) is 0 Å². The highest BCUT2D eigenvalue weighted by molar-refractivity contribution is 5.94. The molecule has 0 spiro atoms. The van der Waals surface area contributed by atoms with Gasteiger partial charge in [0, 0.05) is 44.1 Å². The maximum absolute atomic E-state index is 12.7. The summed E-state index contributed by atoms with van der Waals surface area (Å²) >= 11 is 0. The highest BCUT2D eigenvalue weighted by Crippen LogP contribution is 2.25. The van der Waals surface area contributed by atoms with Crippen LogP contribution < -0.4 is 0 Å². The molecule has 5 heteroatoms. The number of fused-ring (bicyclic) bond motifs is 1. The molecule has 2 saturated heterocycles. The van der Waals surface area contributed by atoms with E-state index in [9.17, 15) is 4.79 Å². The van der Waals surface area contributed by atoms with Gasteiger partial charge in [-0.05, 0) is 23.8 Å². The van der Waals surface area contributed by atoms with E-state index >= 15 is 0 Å². The average Bonchev–Trinajstić information content (AvgIpc) is 3.08. The molecule has 1 aromatic carbocycles. The Morgan fingerprint density at radius 3 is 2.83 bits per heavy atom. The number of nitrogens with zero attached hydrogens (tertiary/aromatic N) is 3. The Morgan fingerprint density at radius 2 is 2.04 bits per heavy atom. The quantitative estimate of drug-likeness (QED) is 0.864. The second-order valence-electron chi connectivity index (χ2n) is 6.38. The number of ether oxygens (including phenoxy) is 1. The fourth-order valence-corrected chi connectivity index (χ4v) is 3.61. The number of likely N-dealkylation sites (tertiary alicyclic amines) is 1. The predicted octanol–water partition coefficient (Wildman–Crippen LogP) is 1.81. The number of aromatic nitrogens is 1. The maximum atomic E-state index is 12.7. The summed E-state index contributed by atoms with van der Waals surface area (Å²) in [5.41, 5.74) is 1.95. The van der Waals surface area contributed by atoms with E-state index in [0.717, 1.165) is 31.8 Å². The van der Waals surface area contributed by atoms with E-state index in [1.165, 1.54) is 5.56 Å². The van der Waals surface area contributed by atoms with Crippen LogP contribution in [-0.4, -0.2) is 59.1 Å². The van der Waals surface area contributed by atoms with Gasteiger partial charge in [-0.1, -0.05) is 24.3 Å². The molecule has 0 radical (unpaired) electrons. The summed E-state index contributed by atoms with van der Waals surface area (Å²) in [6.45, 7) is 3.85. The molecular formula is C19H21N3O2. The van der Waals surface area contributed by atoms with Crippen LogP contribution in [0.1, 0.15) is 15.9 Å². The van der Waals surface area contributed by atoms with Crippen LogP contribution in [0.5, 0.6) is 0 Å². The van der Waals surface area contributed by atoms with E-state index < -0.39 is 0 Å². The van der Waals surface area contributed by atoms with Gasteiger partial charge in [-0.15, -0.1) is 0 Å². The lowest BCUT2D eigenvalue weighted by Gasteiger charge is -2.36. The Bertz CT molecular complexity index is 692. The summed E-state index contributed by atoms with van der Waals surface area (Å²) < 4.78 is 5.93. The first-order chi connectivity index (χ1) is 11.8. The third kappa shape index (κ3) is 3.05. The minimum atomic E-state index is 0.0925. The molecule has 2 aliphatic rings. The summed E-state index contributed by atoms with van der Waals surface area (Å²) in [6.07, 6.45) is 3.80. The predicted molar refractivity (Wildman–Crippen MR) is 90.5 cm³/mol. The average molecular weight is 323 g/mol. The number of hydrogen-bond acceptors (Lipinski definition) is 4. The van der Waals surface area contributed by atoms with E-state index in [2.05, 4.69) is 16.0 Å². The highest BCUT2D eigenvalue weighted by atomic mass is 16.5. The van der Waals surface area contributed by atoms with Crippen molar-refractivity contribution in [2.45, 2.75) is 18.7 Å². The van der Waals surface area contributed by atoms with Crippen molar-refractivity contribution in [2.24, 2.45) is 0 Å². The largest absolute Gasteiger partial charge is 0.373 e. The van der Waals surface area contributed by atoms with Crippen molar-refractivity contribution in [3.05, 3.63) is 66.0 Å². The van der Waals surface area contributed by atoms with Crippen LogP contribution in [0.15, 0.2) is 54.9 Å². The fraction of sp³-hybridized carbons (Fsp3) is 0.368. The van der Waals surface area contributed by atoms with Crippen LogP contribution >= 0.6 is 0 Å². The lowest BCUT2D eigenvalue weighted by Crippen LogP contribution is -2.50. The molecule has 0 saturated carbocycles. The van der Waals surface area contributed by atoms with E-state index in [4.69, 9.17) is 4.74 Å². The molecule has 0 aliphatic carbocycles. The van der Waals surface area contributed by atoms with Crippen LogP contribution in [0.3, 0.4) is 0 Å². The number of hydrogen-bond donors (Lipinski definition) is 0. The zero-order chi connectivity index (χ0) is 16.4. The van der Waals surface area contributed by atoms with Gasteiger partial charge >= 0.3 is 0 Å². The van der Waals surface area contributed by atoms with Crippen molar-refractivity contribution in [3.8, 4) is 0 Å². The Labute approximate surface area is 141 Å². The normalized spacial score (nSPS) is 23.9. The summed E-state index contributed by atoms with van der Waals surface area (Å²) in [7, 11) is 0. The molecular weight excluding hydrogens is 302 g/mol. The van der Waals surface area contributed by atoms with E-state index in [1.807, 2.05) is 47.5 Å². The van der Waals surface area contributed by atoms with E-state index in [-0.39, 0.29) is 18.1 Å². The highest BCUT2D eigenvalue weighted by Gasteiger charge is 2.41. The molecule has 2 aromatic rings. The van der Waals surface area contributed by atoms with E-state index in [1.54, 1.807) is 6.20 Å². The van der Waals surface area contributed by atoms with Gasteiger partial charge in [0.05, 0.1) is 18.8 Å². The molecule has 124 valence electrons. The number of rotatable bonds is 3. The topological polar surface area (TPSA) is 45.7 Å². The van der Waals surface area contributed by atoms with Crippen molar-refractivity contribution in [3.63, 3.8) is 0 Å². The first kappa shape index (κ1) is 15.3. The second-order valence-corrected chi connectivity index (χ2v) is 6.38. The maximum Gasteiger partial charge on any atom is 0.253 e. The monoisotopic (exact) mass is 323 g/mol. The Balaban J connectivity index is 1.47. The Kier molecular flexibility index (Phi) is 4.28. The summed E-state index contributed by atoms with van der Waals surface area (Å²) in [6, 6.07) is 13.8. The Hall–Kier alpha value is -2.24. The van der Waals surface area contributed by atoms with Crippen LogP contribution in [-0.2, 0) is 11.3 Å². The van der Waals surface area contributed by atoms with Crippen LogP contribution in [0, 0.1) is 0 Å². The summed E-state index contributed by atoms with van der Waals surface area (Å²) in [5, 5.41) is 0. The number of amides is 1. The number of morpholine rings is 1. The molecule has 5 nitrogen and oxygen atoms in total. The first-order valence-corrected chi connectivity index (χ1v) is 8.40. The number of carbonyl (C=O) groups excluding carboxylic acids is 1. The van der Waals surface area contributed by atoms with Crippen molar-refractivity contribution in [1.82, 2.24) is 14.8 Å². The molecule has 24 heavy (non-hydrogen) atoms. The number of pyridine rings is 1. The smallest absolute Gasteiger partial charge is 0.253 e. The summed E-state index contributed by atoms with van der Waals surface area (Å²) in [4.78, 5) is 21.2. The van der Waals surface area contributed by atoms with Gasteiger partial charge in [-0.3, -0.25) is 14.7 Å². The fourth-order valence-electron chi connectivity index (χ4n) is 3.61. The van der Waals surface area contributed by atoms with Gasteiger partial charge in [-0.2, -0.15) is 0 Å². The minimum absolute atomic E-state index is 0.0925. The van der Waals surface area contributed by atoms with Crippen molar-refractivity contribution >= 4 is 5.91 Å². The molecule has 3 heterocycles. The molecule has 4 rings (SSSR count). The van der Waals surface area contributed by atoms with Gasteiger partial charge in [-0.25, -0.2) is 0 Å². The Morgan fingerprint density at radius 1 is 1.17 bits per heavy atom. The van der Waals surface area contributed by atoms with Crippen molar-refractivity contribution in [2.75, 3.05) is 26.2 Å². The molecule has 1 amide bonds. The van der Waals surface area contributed by atoms with Crippen LogP contribution in [0.4, 0.5) is 0 Å². The van der Waals surface area contributed by atoms with Crippen LogP contribution in [0.25, 0.3) is 0 Å². The SMILES string of the molecule is O=C(c1ccccc1)N1C[C@@H]2OCCN(Cc3cccnc3)[C@@H]2C1. The lowest BCUT2D eigenvalue weighted by molar-refractivity contribution is -0.0503. The molecule has 1 aromatic heterocycles. The first-order valence-electron chi connectivity index (χ1n) is 8.40. The molecule has 0 bridgehead atoms. The minimum Gasteiger partial charge on any atom is -0.373 e. The molecule has 0 N–H and O–H groups in total. The molecule has 2 aliphatic heterocycles. The zero-order valence-electron chi connectivity index (χ0n) is 13.5. The summed E-state index contributed by atoms with van der Waals surface area (Å²) in [5.74, 6) is 0.0925. The van der Waals surface area contributed by atoms with Gasteiger partial charge < -0.3 is 9.64 Å².